The van der Waals surface area contributed by atoms with Crippen molar-refractivity contribution in [1.82, 2.24) is 20.4 Å². The predicted molar refractivity (Wildman–Crippen MR) is 94.5 cm³/mol. The summed E-state index contributed by atoms with van der Waals surface area (Å²) >= 11 is 0. The highest BCUT2D eigenvalue weighted by atomic mass is 16.5. The van der Waals surface area contributed by atoms with Crippen molar-refractivity contribution in [1.29, 1.82) is 0 Å². The molecule has 0 saturated carbocycles. The number of ether oxygens (including phenoxy) is 2. The van der Waals surface area contributed by atoms with Crippen LogP contribution in [0.15, 0.2) is 41.7 Å². The van der Waals surface area contributed by atoms with Gasteiger partial charge in [-0.1, -0.05) is 6.07 Å². The van der Waals surface area contributed by atoms with Gasteiger partial charge in [0.1, 0.15) is 17.6 Å². The molecule has 2 rings (SSSR count). The van der Waals surface area contributed by atoms with Crippen LogP contribution in [0, 0.1) is 0 Å². The zero-order valence-corrected chi connectivity index (χ0v) is 14.6. The summed E-state index contributed by atoms with van der Waals surface area (Å²) < 4.78 is 12.9. The third-order valence-corrected chi connectivity index (χ3v) is 3.38. The number of hydrogen-bond acceptors (Lipinski definition) is 4. The highest BCUT2D eigenvalue weighted by Gasteiger charge is 2.07. The Bertz CT molecular complexity index is 669. The molecular weight excluding hydrogens is 306 g/mol. The molecular formula is C17H25N5O2. The minimum atomic E-state index is -0.0194. The van der Waals surface area contributed by atoms with E-state index in [-0.39, 0.29) is 6.10 Å². The fraction of sp³-hybridized carbons (Fsp3) is 0.412. The van der Waals surface area contributed by atoms with Gasteiger partial charge in [-0.15, -0.1) is 0 Å². The van der Waals surface area contributed by atoms with Crippen LogP contribution in [0.2, 0.25) is 0 Å². The molecule has 0 radical (unpaired) electrons. The number of rotatable bonds is 7. The van der Waals surface area contributed by atoms with E-state index in [0.717, 1.165) is 23.0 Å². The molecule has 0 bridgehead atoms. The van der Waals surface area contributed by atoms with E-state index in [1.54, 1.807) is 18.8 Å². The lowest BCUT2D eigenvalue weighted by Gasteiger charge is -2.18. The smallest absolute Gasteiger partial charge is 0.191 e. The molecule has 1 aromatic carbocycles. The van der Waals surface area contributed by atoms with E-state index in [2.05, 4.69) is 20.7 Å². The molecule has 1 atom stereocenters. The van der Waals surface area contributed by atoms with Gasteiger partial charge in [-0.3, -0.25) is 9.67 Å². The third-order valence-electron chi connectivity index (χ3n) is 3.38. The second kappa shape index (κ2) is 8.81. The average molecular weight is 331 g/mol. The molecule has 0 saturated heterocycles. The Balaban J connectivity index is 1.77. The van der Waals surface area contributed by atoms with E-state index in [4.69, 9.17) is 9.47 Å². The minimum absolute atomic E-state index is 0.0194. The average Bonchev–Trinajstić information content (AvgIpc) is 3.00. The first-order valence-corrected chi connectivity index (χ1v) is 7.83. The van der Waals surface area contributed by atoms with Crippen LogP contribution in [0.25, 0.3) is 0 Å². The summed E-state index contributed by atoms with van der Waals surface area (Å²) in [7, 11) is 5.28. The Hall–Kier alpha value is -2.70. The van der Waals surface area contributed by atoms with Crippen molar-refractivity contribution in [2.45, 2.75) is 19.6 Å². The Kier molecular flexibility index (Phi) is 6.48. The van der Waals surface area contributed by atoms with Crippen molar-refractivity contribution < 1.29 is 9.47 Å². The molecule has 0 spiro atoms. The summed E-state index contributed by atoms with van der Waals surface area (Å²) in [6.45, 7) is 3.30. The molecule has 1 unspecified atom stereocenters. The molecule has 0 fully saturated rings. The number of nitrogens with zero attached hydrogens (tertiary/aromatic N) is 3. The van der Waals surface area contributed by atoms with E-state index in [1.807, 2.05) is 50.6 Å². The Labute approximate surface area is 142 Å². The normalized spacial score (nSPS) is 12.6. The van der Waals surface area contributed by atoms with Crippen LogP contribution in [0.5, 0.6) is 11.5 Å². The van der Waals surface area contributed by atoms with Crippen molar-refractivity contribution in [2.75, 3.05) is 20.7 Å². The number of aromatic nitrogens is 2. The molecule has 1 aromatic heterocycles. The molecule has 24 heavy (non-hydrogen) atoms. The molecule has 130 valence electrons. The van der Waals surface area contributed by atoms with Gasteiger partial charge < -0.3 is 20.1 Å². The third kappa shape index (κ3) is 5.49. The summed E-state index contributed by atoms with van der Waals surface area (Å²) in [6.07, 6.45) is 3.78. The van der Waals surface area contributed by atoms with Gasteiger partial charge in [-0.25, -0.2) is 0 Å². The van der Waals surface area contributed by atoms with Crippen LogP contribution in [0.3, 0.4) is 0 Å². The standard InChI is InChI=1S/C17H25N5O2/c1-13(24-16-7-5-6-15(8-16)23-4)9-19-17(18-2)20-10-14-11-21-22(3)12-14/h5-8,11-13H,9-10H2,1-4H3,(H2,18,19,20). The number of benzene rings is 1. The van der Waals surface area contributed by atoms with E-state index in [1.165, 1.54) is 0 Å². The first-order valence-electron chi connectivity index (χ1n) is 7.83. The van der Waals surface area contributed by atoms with Crippen LogP contribution >= 0.6 is 0 Å². The van der Waals surface area contributed by atoms with Gasteiger partial charge in [-0.2, -0.15) is 5.10 Å². The number of methoxy groups -OCH3 is 1. The van der Waals surface area contributed by atoms with E-state index >= 15 is 0 Å². The quantitative estimate of drug-likeness (QED) is 0.595. The molecule has 0 amide bonds. The predicted octanol–water partition coefficient (Wildman–Crippen LogP) is 1.56. The van der Waals surface area contributed by atoms with Crippen molar-refractivity contribution in [3.63, 3.8) is 0 Å². The van der Waals surface area contributed by atoms with Crippen LogP contribution in [0.4, 0.5) is 0 Å². The molecule has 2 aromatic rings. The molecule has 2 N–H and O–H groups in total. The van der Waals surface area contributed by atoms with Crippen LogP contribution < -0.4 is 20.1 Å². The number of guanidine groups is 1. The lowest BCUT2D eigenvalue weighted by atomic mass is 10.3. The van der Waals surface area contributed by atoms with Crippen molar-refractivity contribution in [3.8, 4) is 11.5 Å². The molecule has 0 aliphatic heterocycles. The number of nitrogens with one attached hydrogen (secondary N) is 2. The maximum absolute atomic E-state index is 5.88. The first kappa shape index (κ1) is 17.7. The van der Waals surface area contributed by atoms with Gasteiger partial charge in [0.25, 0.3) is 0 Å². The monoisotopic (exact) mass is 331 g/mol. The van der Waals surface area contributed by atoms with Crippen LogP contribution in [-0.4, -0.2) is 42.5 Å². The zero-order valence-electron chi connectivity index (χ0n) is 14.6. The SMILES string of the molecule is CN=C(NCc1cnn(C)c1)NCC(C)Oc1cccc(OC)c1. The van der Waals surface area contributed by atoms with Gasteiger partial charge in [0.2, 0.25) is 0 Å². The Morgan fingerprint density at radius 3 is 2.79 bits per heavy atom. The van der Waals surface area contributed by atoms with Gasteiger partial charge >= 0.3 is 0 Å². The fourth-order valence-electron chi connectivity index (χ4n) is 2.16. The zero-order chi connectivity index (χ0) is 17.4. The molecule has 7 nitrogen and oxygen atoms in total. The minimum Gasteiger partial charge on any atom is -0.497 e. The fourth-order valence-corrected chi connectivity index (χ4v) is 2.16. The number of hydrogen-bond donors (Lipinski definition) is 2. The summed E-state index contributed by atoms with van der Waals surface area (Å²) in [6, 6.07) is 7.57. The van der Waals surface area contributed by atoms with E-state index in [0.29, 0.717) is 13.1 Å². The molecule has 0 aliphatic rings. The topological polar surface area (TPSA) is 72.7 Å². The van der Waals surface area contributed by atoms with Crippen LogP contribution in [0.1, 0.15) is 12.5 Å². The number of aliphatic imine (C=N–C) groups is 1. The second-order valence-corrected chi connectivity index (χ2v) is 5.44. The maximum atomic E-state index is 5.88. The lowest BCUT2D eigenvalue weighted by Crippen LogP contribution is -2.41. The van der Waals surface area contributed by atoms with Gasteiger partial charge in [0.15, 0.2) is 5.96 Å². The lowest BCUT2D eigenvalue weighted by molar-refractivity contribution is 0.223. The Morgan fingerprint density at radius 1 is 1.33 bits per heavy atom. The largest absolute Gasteiger partial charge is 0.497 e. The summed E-state index contributed by atoms with van der Waals surface area (Å²) in [5.41, 5.74) is 1.10. The van der Waals surface area contributed by atoms with E-state index in [9.17, 15) is 0 Å². The van der Waals surface area contributed by atoms with Gasteiger partial charge in [-0.05, 0) is 19.1 Å². The summed E-state index contributed by atoms with van der Waals surface area (Å²) in [5, 5.41) is 10.6. The highest BCUT2D eigenvalue weighted by Crippen LogP contribution is 2.19. The van der Waals surface area contributed by atoms with Gasteiger partial charge in [0.05, 0.1) is 19.9 Å². The highest BCUT2D eigenvalue weighted by molar-refractivity contribution is 5.79. The summed E-state index contributed by atoms with van der Waals surface area (Å²) in [4.78, 5) is 4.21. The van der Waals surface area contributed by atoms with Gasteiger partial charge in [0, 0.05) is 38.5 Å². The maximum Gasteiger partial charge on any atom is 0.191 e. The van der Waals surface area contributed by atoms with Crippen molar-refractivity contribution >= 4 is 5.96 Å². The van der Waals surface area contributed by atoms with Crippen molar-refractivity contribution in [2.24, 2.45) is 12.0 Å². The van der Waals surface area contributed by atoms with E-state index < -0.39 is 0 Å². The Morgan fingerprint density at radius 2 is 2.12 bits per heavy atom. The molecule has 7 heteroatoms. The summed E-state index contributed by atoms with van der Waals surface area (Å²) in [5.74, 6) is 2.28. The first-order chi connectivity index (χ1) is 11.6. The molecule has 0 aliphatic carbocycles. The molecule has 1 heterocycles. The second-order valence-electron chi connectivity index (χ2n) is 5.44. The van der Waals surface area contributed by atoms with Crippen molar-refractivity contribution in [3.05, 3.63) is 42.2 Å². The number of aryl methyl sites for hydroxylation is 1. The van der Waals surface area contributed by atoms with Crippen LogP contribution in [-0.2, 0) is 13.6 Å².